The molecule has 3 heterocycles. The Morgan fingerprint density at radius 1 is 1.00 bits per heavy atom. The third kappa shape index (κ3) is 4.14. The largest absolute Gasteiger partial charge is 0.497 e. The summed E-state index contributed by atoms with van der Waals surface area (Å²) >= 11 is 0. The van der Waals surface area contributed by atoms with Crippen LogP contribution in [-0.4, -0.2) is 29.6 Å². The minimum absolute atomic E-state index is 0.0586. The molecule has 0 amide bonds. The Kier molecular flexibility index (Phi) is 5.56. The highest BCUT2D eigenvalue weighted by atomic mass is 16.5. The summed E-state index contributed by atoms with van der Waals surface area (Å²) in [6.45, 7) is 6.78. The summed E-state index contributed by atoms with van der Waals surface area (Å²) in [4.78, 5) is 19.9. The van der Waals surface area contributed by atoms with Gasteiger partial charge in [-0.05, 0) is 67.5 Å². The smallest absolute Gasteiger partial charge is 0.258 e. The van der Waals surface area contributed by atoms with Crippen molar-refractivity contribution in [2.45, 2.75) is 33.1 Å². The zero-order valence-corrected chi connectivity index (χ0v) is 17.5. The lowest BCUT2D eigenvalue weighted by molar-refractivity contribution is 0.322. The van der Waals surface area contributed by atoms with E-state index in [1.165, 1.54) is 19.3 Å². The Balaban J connectivity index is 1.64. The SMILES string of the molecule is COc1ccc(-c2cc(=O)n3cc(N4CCCC(C)C(C)CC4)ccc3n2)cc1. The topological polar surface area (TPSA) is 46.8 Å². The van der Waals surface area contributed by atoms with Gasteiger partial charge in [-0.15, -0.1) is 0 Å². The van der Waals surface area contributed by atoms with Crippen LogP contribution in [0.5, 0.6) is 5.75 Å². The highest BCUT2D eigenvalue weighted by Gasteiger charge is 2.18. The number of hydrogen-bond acceptors (Lipinski definition) is 4. The van der Waals surface area contributed by atoms with Gasteiger partial charge in [0.25, 0.3) is 5.56 Å². The number of hydrogen-bond donors (Lipinski definition) is 0. The van der Waals surface area contributed by atoms with E-state index in [9.17, 15) is 4.79 Å². The predicted octanol–water partition coefficient (Wildman–Crippen LogP) is 4.63. The fraction of sp³-hybridized carbons (Fsp3) is 0.417. The van der Waals surface area contributed by atoms with Crippen molar-refractivity contribution in [1.82, 2.24) is 9.38 Å². The zero-order chi connectivity index (χ0) is 20.4. The van der Waals surface area contributed by atoms with E-state index < -0.39 is 0 Å². The second-order valence-corrected chi connectivity index (χ2v) is 8.20. The van der Waals surface area contributed by atoms with Crippen molar-refractivity contribution in [2.75, 3.05) is 25.1 Å². The Hall–Kier alpha value is -2.82. The molecule has 5 nitrogen and oxygen atoms in total. The van der Waals surface area contributed by atoms with Crippen molar-refractivity contribution in [2.24, 2.45) is 11.8 Å². The van der Waals surface area contributed by atoms with E-state index in [-0.39, 0.29) is 5.56 Å². The highest BCUT2D eigenvalue weighted by molar-refractivity contribution is 5.63. The highest BCUT2D eigenvalue weighted by Crippen LogP contribution is 2.26. The summed E-state index contributed by atoms with van der Waals surface area (Å²) in [5, 5.41) is 0. The molecule has 0 N–H and O–H groups in total. The van der Waals surface area contributed by atoms with Crippen LogP contribution in [0.3, 0.4) is 0 Å². The number of methoxy groups -OCH3 is 1. The molecule has 1 aliphatic rings. The summed E-state index contributed by atoms with van der Waals surface area (Å²) in [5.74, 6) is 2.31. The first-order valence-electron chi connectivity index (χ1n) is 10.5. The van der Waals surface area contributed by atoms with Crippen molar-refractivity contribution < 1.29 is 4.74 Å². The van der Waals surface area contributed by atoms with Crippen LogP contribution in [0.25, 0.3) is 16.9 Å². The fourth-order valence-corrected chi connectivity index (χ4v) is 4.09. The molecule has 0 bridgehead atoms. The van der Waals surface area contributed by atoms with Crippen LogP contribution in [0.1, 0.15) is 33.1 Å². The second kappa shape index (κ2) is 8.27. The van der Waals surface area contributed by atoms with Crippen molar-refractivity contribution in [3.8, 4) is 17.0 Å². The maximum atomic E-state index is 12.8. The molecule has 1 saturated heterocycles. The van der Waals surface area contributed by atoms with Gasteiger partial charge in [-0.25, -0.2) is 4.98 Å². The van der Waals surface area contributed by atoms with Crippen LogP contribution in [0, 0.1) is 11.8 Å². The van der Waals surface area contributed by atoms with Crippen LogP contribution < -0.4 is 15.2 Å². The van der Waals surface area contributed by atoms with Gasteiger partial charge in [0, 0.05) is 30.9 Å². The second-order valence-electron chi connectivity index (χ2n) is 8.20. The lowest BCUT2D eigenvalue weighted by Gasteiger charge is -2.31. The normalized spacial score (nSPS) is 20.3. The van der Waals surface area contributed by atoms with Gasteiger partial charge in [0.15, 0.2) is 0 Å². The summed E-state index contributed by atoms with van der Waals surface area (Å²) in [5.41, 5.74) is 3.29. The van der Waals surface area contributed by atoms with Crippen LogP contribution in [0.2, 0.25) is 0 Å². The van der Waals surface area contributed by atoms with Gasteiger partial charge in [-0.1, -0.05) is 13.8 Å². The third-order valence-electron chi connectivity index (χ3n) is 6.31. The fourth-order valence-electron chi connectivity index (χ4n) is 4.09. The van der Waals surface area contributed by atoms with Gasteiger partial charge in [0.05, 0.1) is 18.5 Å². The molecular weight excluding hydrogens is 362 g/mol. The average Bonchev–Trinajstić information content (AvgIpc) is 2.74. The van der Waals surface area contributed by atoms with Crippen LogP contribution in [0.15, 0.2) is 53.5 Å². The number of benzene rings is 1. The van der Waals surface area contributed by atoms with E-state index in [2.05, 4.69) is 24.8 Å². The van der Waals surface area contributed by atoms with Gasteiger partial charge in [-0.3, -0.25) is 9.20 Å². The average molecular weight is 392 g/mol. The molecule has 0 spiro atoms. The summed E-state index contributed by atoms with van der Waals surface area (Å²) in [6, 6.07) is 13.3. The molecule has 0 saturated carbocycles. The van der Waals surface area contributed by atoms with E-state index in [0.717, 1.165) is 41.9 Å². The molecule has 2 aromatic heterocycles. The van der Waals surface area contributed by atoms with Crippen molar-refractivity contribution in [3.05, 3.63) is 59.0 Å². The number of ether oxygens (including phenoxy) is 1. The number of pyridine rings is 1. The van der Waals surface area contributed by atoms with Crippen molar-refractivity contribution >= 4 is 11.3 Å². The van der Waals surface area contributed by atoms with Gasteiger partial charge < -0.3 is 9.64 Å². The molecule has 2 unspecified atom stereocenters. The van der Waals surface area contributed by atoms with Gasteiger partial charge in [0.1, 0.15) is 11.4 Å². The van der Waals surface area contributed by atoms with Gasteiger partial charge >= 0.3 is 0 Å². The molecule has 3 aromatic rings. The third-order valence-corrected chi connectivity index (χ3v) is 6.31. The van der Waals surface area contributed by atoms with Gasteiger partial charge in [0.2, 0.25) is 0 Å². The van der Waals surface area contributed by atoms with E-state index in [1.807, 2.05) is 36.5 Å². The maximum Gasteiger partial charge on any atom is 0.258 e. The quantitative estimate of drug-likeness (QED) is 0.653. The number of anilines is 1. The van der Waals surface area contributed by atoms with E-state index in [4.69, 9.17) is 9.72 Å². The Morgan fingerprint density at radius 2 is 1.76 bits per heavy atom. The molecule has 2 atom stereocenters. The summed E-state index contributed by atoms with van der Waals surface area (Å²) < 4.78 is 6.87. The zero-order valence-electron chi connectivity index (χ0n) is 17.5. The lowest BCUT2D eigenvalue weighted by atomic mass is 9.87. The first-order valence-corrected chi connectivity index (χ1v) is 10.5. The molecular formula is C24H29N3O2. The number of aromatic nitrogens is 2. The van der Waals surface area contributed by atoms with Crippen LogP contribution in [-0.2, 0) is 0 Å². The van der Waals surface area contributed by atoms with E-state index in [1.54, 1.807) is 17.6 Å². The summed E-state index contributed by atoms with van der Waals surface area (Å²) in [7, 11) is 1.64. The van der Waals surface area contributed by atoms with E-state index >= 15 is 0 Å². The van der Waals surface area contributed by atoms with Gasteiger partial charge in [-0.2, -0.15) is 0 Å². The molecule has 0 aliphatic carbocycles. The van der Waals surface area contributed by atoms with E-state index in [0.29, 0.717) is 11.3 Å². The molecule has 152 valence electrons. The Bertz CT molecular complexity index is 1040. The predicted molar refractivity (Wildman–Crippen MR) is 118 cm³/mol. The van der Waals surface area contributed by atoms with Crippen molar-refractivity contribution in [3.63, 3.8) is 0 Å². The molecule has 1 fully saturated rings. The van der Waals surface area contributed by atoms with Crippen LogP contribution >= 0.6 is 0 Å². The number of rotatable bonds is 3. The first kappa shape index (κ1) is 19.5. The standard InChI is InChI=1S/C24H29N3O2/c1-17-5-4-13-26(14-12-18(17)2)20-8-11-23-25-22(15-24(28)27(23)16-20)19-6-9-21(29-3)10-7-19/h6-11,15-18H,4-5,12-14H2,1-3H3. The Morgan fingerprint density at radius 3 is 2.52 bits per heavy atom. The van der Waals surface area contributed by atoms with Crippen LogP contribution in [0.4, 0.5) is 5.69 Å². The molecule has 1 aromatic carbocycles. The number of fused-ring (bicyclic) bond motifs is 1. The Labute approximate surface area is 172 Å². The first-order chi connectivity index (χ1) is 14.0. The molecule has 29 heavy (non-hydrogen) atoms. The minimum atomic E-state index is -0.0586. The minimum Gasteiger partial charge on any atom is -0.497 e. The van der Waals surface area contributed by atoms with Crippen molar-refractivity contribution in [1.29, 1.82) is 0 Å². The molecule has 4 rings (SSSR count). The molecule has 1 aliphatic heterocycles. The molecule has 5 heteroatoms. The maximum absolute atomic E-state index is 12.8. The molecule has 0 radical (unpaired) electrons. The lowest BCUT2D eigenvalue weighted by Crippen LogP contribution is -2.31. The summed E-state index contributed by atoms with van der Waals surface area (Å²) in [6.07, 6.45) is 5.58. The number of nitrogens with zero attached hydrogens (tertiary/aromatic N) is 3. The monoisotopic (exact) mass is 391 g/mol.